The van der Waals surface area contributed by atoms with Crippen molar-refractivity contribution in [1.29, 1.82) is 0 Å². The fourth-order valence-corrected chi connectivity index (χ4v) is 1.52. The maximum Gasteiger partial charge on any atom is 0.417 e. The van der Waals surface area contributed by atoms with E-state index in [2.05, 4.69) is 17.6 Å². The van der Waals surface area contributed by atoms with Crippen LogP contribution in [0.2, 0.25) is 5.02 Å². The summed E-state index contributed by atoms with van der Waals surface area (Å²) in [4.78, 5) is 3.62. The monoisotopic (exact) mass is 241 g/mol. The number of alkyl halides is 3. The SMILES string of the molecule is CC(S)c1ncc(C(F)(F)F)cc1Cl. The first kappa shape index (κ1) is 11.7. The average molecular weight is 242 g/mol. The second-order valence-electron chi connectivity index (χ2n) is 2.76. The Balaban J connectivity index is 3.13. The van der Waals surface area contributed by atoms with E-state index in [1.807, 2.05) is 0 Å². The van der Waals surface area contributed by atoms with Crippen molar-refractivity contribution in [1.82, 2.24) is 4.98 Å². The molecule has 1 aromatic rings. The van der Waals surface area contributed by atoms with E-state index in [1.165, 1.54) is 0 Å². The summed E-state index contributed by atoms with van der Waals surface area (Å²) in [7, 11) is 0. The molecule has 1 unspecified atom stereocenters. The van der Waals surface area contributed by atoms with Crippen LogP contribution in [0.25, 0.3) is 0 Å². The van der Waals surface area contributed by atoms with Gasteiger partial charge in [0.05, 0.1) is 16.3 Å². The molecule has 0 aliphatic carbocycles. The van der Waals surface area contributed by atoms with Crippen LogP contribution in [0.4, 0.5) is 13.2 Å². The van der Waals surface area contributed by atoms with E-state index in [1.54, 1.807) is 6.92 Å². The number of thiol groups is 1. The van der Waals surface area contributed by atoms with Crippen LogP contribution < -0.4 is 0 Å². The van der Waals surface area contributed by atoms with Gasteiger partial charge < -0.3 is 0 Å². The standard InChI is InChI=1S/C8H7ClF3NS/c1-4(14)7-6(9)2-5(3-13-7)8(10,11)12/h2-4,14H,1H3. The van der Waals surface area contributed by atoms with Crippen LogP contribution >= 0.6 is 24.2 Å². The molecular formula is C8H7ClF3NS. The third kappa shape index (κ3) is 2.54. The van der Waals surface area contributed by atoms with Gasteiger partial charge in [-0.1, -0.05) is 11.6 Å². The molecule has 1 heterocycles. The molecule has 0 bridgehead atoms. The molecule has 0 saturated carbocycles. The summed E-state index contributed by atoms with van der Waals surface area (Å²) in [5.74, 6) is 0. The molecule has 0 aliphatic heterocycles. The lowest BCUT2D eigenvalue weighted by molar-refractivity contribution is -0.137. The Kier molecular flexibility index (Phi) is 3.32. The van der Waals surface area contributed by atoms with Gasteiger partial charge in [-0.2, -0.15) is 25.8 Å². The van der Waals surface area contributed by atoms with Crippen LogP contribution in [-0.4, -0.2) is 4.98 Å². The van der Waals surface area contributed by atoms with Crippen LogP contribution in [-0.2, 0) is 6.18 Å². The molecule has 0 radical (unpaired) electrons. The Hall–Kier alpha value is -0.420. The number of aromatic nitrogens is 1. The van der Waals surface area contributed by atoms with E-state index in [-0.39, 0.29) is 10.3 Å². The van der Waals surface area contributed by atoms with Gasteiger partial charge in [0, 0.05) is 11.4 Å². The lowest BCUT2D eigenvalue weighted by Gasteiger charge is -2.10. The summed E-state index contributed by atoms with van der Waals surface area (Å²) in [6, 6.07) is 0.858. The molecule has 0 spiro atoms. The first-order valence-corrected chi connectivity index (χ1v) is 4.62. The molecule has 0 saturated heterocycles. The largest absolute Gasteiger partial charge is 0.417 e. The average Bonchev–Trinajstić information content (AvgIpc) is 2.01. The van der Waals surface area contributed by atoms with E-state index in [4.69, 9.17) is 11.6 Å². The van der Waals surface area contributed by atoms with Gasteiger partial charge in [0.1, 0.15) is 0 Å². The van der Waals surface area contributed by atoms with Gasteiger partial charge in [-0.05, 0) is 13.0 Å². The Labute approximate surface area is 89.7 Å². The van der Waals surface area contributed by atoms with E-state index < -0.39 is 11.7 Å². The summed E-state index contributed by atoms with van der Waals surface area (Å²) in [6.07, 6.45) is -3.65. The molecular weight excluding hydrogens is 235 g/mol. The molecule has 14 heavy (non-hydrogen) atoms. The van der Waals surface area contributed by atoms with Gasteiger partial charge in [0.25, 0.3) is 0 Å². The Morgan fingerprint density at radius 3 is 2.43 bits per heavy atom. The van der Waals surface area contributed by atoms with Crippen molar-refractivity contribution in [3.63, 3.8) is 0 Å². The minimum absolute atomic E-state index is 0.0117. The summed E-state index contributed by atoms with van der Waals surface area (Å²) >= 11 is 9.65. The van der Waals surface area contributed by atoms with Gasteiger partial charge in [-0.25, -0.2) is 0 Å². The molecule has 0 aromatic carbocycles. The van der Waals surface area contributed by atoms with Crippen molar-refractivity contribution in [3.05, 3.63) is 28.5 Å². The molecule has 0 amide bonds. The predicted octanol–water partition coefficient (Wildman–Crippen LogP) is 3.74. The van der Waals surface area contributed by atoms with E-state index in [0.717, 1.165) is 12.3 Å². The first-order valence-electron chi connectivity index (χ1n) is 3.73. The molecule has 0 fully saturated rings. The van der Waals surface area contributed by atoms with Gasteiger partial charge in [-0.3, -0.25) is 4.98 Å². The second kappa shape index (κ2) is 3.98. The summed E-state index contributed by atoms with van der Waals surface area (Å²) in [5, 5.41) is -0.299. The van der Waals surface area contributed by atoms with Crippen molar-refractivity contribution >= 4 is 24.2 Å². The Bertz CT molecular complexity index is 338. The van der Waals surface area contributed by atoms with Gasteiger partial charge in [0.2, 0.25) is 0 Å². The van der Waals surface area contributed by atoms with Gasteiger partial charge in [-0.15, -0.1) is 0 Å². The van der Waals surface area contributed by atoms with E-state index in [0.29, 0.717) is 5.69 Å². The zero-order chi connectivity index (χ0) is 10.9. The molecule has 78 valence electrons. The third-order valence-corrected chi connectivity index (χ3v) is 2.14. The van der Waals surface area contributed by atoms with Crippen LogP contribution in [0.3, 0.4) is 0 Å². The third-order valence-electron chi connectivity index (χ3n) is 1.59. The molecule has 1 aromatic heterocycles. The number of nitrogens with zero attached hydrogens (tertiary/aromatic N) is 1. The van der Waals surface area contributed by atoms with Crippen molar-refractivity contribution in [3.8, 4) is 0 Å². The molecule has 0 N–H and O–H groups in total. The van der Waals surface area contributed by atoms with Crippen molar-refractivity contribution in [2.75, 3.05) is 0 Å². The fourth-order valence-electron chi connectivity index (χ4n) is 0.911. The molecule has 1 atom stereocenters. The molecule has 1 nitrogen and oxygen atoms in total. The van der Waals surface area contributed by atoms with Crippen molar-refractivity contribution < 1.29 is 13.2 Å². The smallest absolute Gasteiger partial charge is 0.258 e. The van der Waals surface area contributed by atoms with E-state index in [9.17, 15) is 13.2 Å². The highest BCUT2D eigenvalue weighted by molar-refractivity contribution is 7.80. The van der Waals surface area contributed by atoms with Crippen molar-refractivity contribution in [2.24, 2.45) is 0 Å². The molecule has 1 rings (SSSR count). The summed E-state index contributed by atoms with van der Waals surface area (Å²) < 4.78 is 36.5. The van der Waals surface area contributed by atoms with Gasteiger partial charge in [0.15, 0.2) is 0 Å². The predicted molar refractivity (Wildman–Crippen MR) is 51.7 cm³/mol. The van der Waals surface area contributed by atoms with Crippen LogP contribution in [0, 0.1) is 0 Å². The lowest BCUT2D eigenvalue weighted by Crippen LogP contribution is -2.06. The molecule has 0 aliphatic rings. The highest BCUT2D eigenvalue weighted by atomic mass is 35.5. The maximum absolute atomic E-state index is 12.2. The van der Waals surface area contributed by atoms with Crippen LogP contribution in [0.1, 0.15) is 23.4 Å². The highest BCUT2D eigenvalue weighted by Crippen LogP contribution is 2.33. The minimum atomic E-state index is -4.41. The van der Waals surface area contributed by atoms with E-state index >= 15 is 0 Å². The second-order valence-corrected chi connectivity index (χ2v) is 3.95. The zero-order valence-corrected chi connectivity index (χ0v) is 8.79. The van der Waals surface area contributed by atoms with Crippen molar-refractivity contribution in [2.45, 2.75) is 18.3 Å². The number of rotatable bonds is 1. The minimum Gasteiger partial charge on any atom is -0.258 e. The fraction of sp³-hybridized carbons (Fsp3) is 0.375. The first-order chi connectivity index (χ1) is 6.32. The lowest BCUT2D eigenvalue weighted by atomic mass is 10.2. The van der Waals surface area contributed by atoms with Crippen LogP contribution in [0.5, 0.6) is 0 Å². The quantitative estimate of drug-likeness (QED) is 0.739. The molecule has 6 heteroatoms. The van der Waals surface area contributed by atoms with Crippen LogP contribution in [0.15, 0.2) is 12.3 Å². The Morgan fingerprint density at radius 1 is 1.50 bits per heavy atom. The number of hydrogen-bond acceptors (Lipinski definition) is 2. The number of hydrogen-bond donors (Lipinski definition) is 1. The normalized spacial score (nSPS) is 14.1. The Morgan fingerprint density at radius 2 is 2.07 bits per heavy atom. The number of halogens is 4. The zero-order valence-electron chi connectivity index (χ0n) is 7.14. The maximum atomic E-state index is 12.2. The highest BCUT2D eigenvalue weighted by Gasteiger charge is 2.31. The number of pyridine rings is 1. The topological polar surface area (TPSA) is 12.9 Å². The van der Waals surface area contributed by atoms with Gasteiger partial charge >= 0.3 is 6.18 Å². The summed E-state index contributed by atoms with van der Waals surface area (Å²) in [5.41, 5.74) is -0.497. The summed E-state index contributed by atoms with van der Waals surface area (Å²) in [6.45, 7) is 1.69.